The molecule has 1 N–H and O–H groups in total. The summed E-state index contributed by atoms with van der Waals surface area (Å²) < 4.78 is 4.20. The van der Waals surface area contributed by atoms with Crippen molar-refractivity contribution in [1.82, 2.24) is 9.55 Å². The molecule has 0 radical (unpaired) electrons. The molecule has 0 aromatic carbocycles. The Bertz CT molecular complexity index is 524. The zero-order chi connectivity index (χ0) is 11.5. The van der Waals surface area contributed by atoms with Gasteiger partial charge in [-0.25, -0.2) is 0 Å². The second-order valence-corrected chi connectivity index (χ2v) is 6.48. The number of nitrogens with zero attached hydrogens (tertiary/aromatic N) is 1. The standard InChI is InChI=1S/C11H13BrN2S2/c1-2-8-7-13-11(15)14(8)6-5-9-3-4-10(12)16-9/h3-4,7H,2,5-6H2,1H3,(H,13,15). The summed E-state index contributed by atoms with van der Waals surface area (Å²) in [7, 11) is 0. The van der Waals surface area contributed by atoms with Crippen LogP contribution < -0.4 is 0 Å². The lowest BCUT2D eigenvalue weighted by Gasteiger charge is -2.05. The van der Waals surface area contributed by atoms with Crippen LogP contribution in [-0.4, -0.2) is 9.55 Å². The van der Waals surface area contributed by atoms with E-state index >= 15 is 0 Å². The van der Waals surface area contributed by atoms with Gasteiger partial charge in [0.25, 0.3) is 0 Å². The van der Waals surface area contributed by atoms with E-state index in [1.807, 2.05) is 6.20 Å². The second kappa shape index (κ2) is 5.29. The monoisotopic (exact) mass is 316 g/mol. The maximum absolute atomic E-state index is 5.26. The summed E-state index contributed by atoms with van der Waals surface area (Å²) in [5.41, 5.74) is 1.28. The van der Waals surface area contributed by atoms with E-state index in [0.29, 0.717) is 0 Å². The molecule has 0 aliphatic carbocycles. The molecule has 0 saturated carbocycles. The highest BCUT2D eigenvalue weighted by Crippen LogP contribution is 2.22. The number of hydrogen-bond acceptors (Lipinski definition) is 2. The van der Waals surface area contributed by atoms with Crippen LogP contribution in [0.3, 0.4) is 0 Å². The van der Waals surface area contributed by atoms with Crippen molar-refractivity contribution in [3.05, 3.63) is 37.5 Å². The van der Waals surface area contributed by atoms with Gasteiger partial charge in [-0.1, -0.05) is 6.92 Å². The summed E-state index contributed by atoms with van der Waals surface area (Å²) in [5.74, 6) is 0. The quantitative estimate of drug-likeness (QED) is 0.839. The predicted molar refractivity (Wildman–Crippen MR) is 74.7 cm³/mol. The molecule has 0 saturated heterocycles. The minimum Gasteiger partial charge on any atom is -0.337 e. The van der Waals surface area contributed by atoms with Gasteiger partial charge in [-0.3, -0.25) is 0 Å². The number of rotatable bonds is 4. The fourth-order valence-corrected chi connectivity index (χ4v) is 3.42. The Balaban J connectivity index is 2.09. The van der Waals surface area contributed by atoms with Crippen molar-refractivity contribution in [2.24, 2.45) is 0 Å². The van der Waals surface area contributed by atoms with Crippen LogP contribution in [-0.2, 0) is 19.4 Å². The van der Waals surface area contributed by atoms with Crippen LogP contribution in [0.5, 0.6) is 0 Å². The number of aromatic amines is 1. The largest absolute Gasteiger partial charge is 0.337 e. The van der Waals surface area contributed by atoms with Crippen LogP contribution in [0.1, 0.15) is 17.5 Å². The number of imidazole rings is 1. The fourth-order valence-electron chi connectivity index (χ4n) is 1.68. The topological polar surface area (TPSA) is 20.7 Å². The SMILES string of the molecule is CCc1c[nH]c(=S)n1CCc1ccc(Br)s1. The van der Waals surface area contributed by atoms with Gasteiger partial charge < -0.3 is 9.55 Å². The average Bonchev–Trinajstić information content (AvgIpc) is 2.82. The van der Waals surface area contributed by atoms with Gasteiger partial charge in [0.1, 0.15) is 0 Å². The van der Waals surface area contributed by atoms with Crippen molar-refractivity contribution < 1.29 is 0 Å². The first kappa shape index (κ1) is 12.1. The lowest BCUT2D eigenvalue weighted by Crippen LogP contribution is -2.04. The minimum absolute atomic E-state index is 0.826. The third-order valence-corrected chi connectivity index (χ3v) is 4.55. The highest BCUT2D eigenvalue weighted by atomic mass is 79.9. The third kappa shape index (κ3) is 2.64. The van der Waals surface area contributed by atoms with Crippen molar-refractivity contribution in [3.63, 3.8) is 0 Å². The van der Waals surface area contributed by atoms with Gasteiger partial charge in [0.15, 0.2) is 4.77 Å². The molecule has 86 valence electrons. The van der Waals surface area contributed by atoms with Crippen LogP contribution in [0.25, 0.3) is 0 Å². The van der Waals surface area contributed by atoms with Crippen LogP contribution in [0, 0.1) is 4.77 Å². The Morgan fingerprint density at radius 2 is 2.31 bits per heavy atom. The molecule has 2 nitrogen and oxygen atoms in total. The summed E-state index contributed by atoms with van der Waals surface area (Å²) in [6.45, 7) is 3.11. The normalized spacial score (nSPS) is 10.9. The van der Waals surface area contributed by atoms with Crippen molar-refractivity contribution >= 4 is 39.5 Å². The van der Waals surface area contributed by atoms with Crippen LogP contribution in [0.15, 0.2) is 22.1 Å². The Morgan fingerprint density at radius 3 is 2.94 bits per heavy atom. The van der Waals surface area contributed by atoms with Gasteiger partial charge >= 0.3 is 0 Å². The molecule has 0 unspecified atom stereocenters. The van der Waals surface area contributed by atoms with E-state index < -0.39 is 0 Å². The number of nitrogens with one attached hydrogen (secondary N) is 1. The van der Waals surface area contributed by atoms with Crippen molar-refractivity contribution in [3.8, 4) is 0 Å². The number of aromatic nitrogens is 2. The maximum Gasteiger partial charge on any atom is 0.177 e. The van der Waals surface area contributed by atoms with E-state index in [2.05, 4.69) is 44.5 Å². The number of halogens is 1. The Morgan fingerprint density at radius 1 is 1.50 bits per heavy atom. The van der Waals surface area contributed by atoms with Gasteiger partial charge in [-0.15, -0.1) is 11.3 Å². The van der Waals surface area contributed by atoms with E-state index in [-0.39, 0.29) is 0 Å². The Hall–Kier alpha value is -0.390. The molecule has 5 heteroatoms. The smallest absolute Gasteiger partial charge is 0.177 e. The number of H-pyrrole nitrogens is 1. The first-order valence-electron chi connectivity index (χ1n) is 5.22. The van der Waals surface area contributed by atoms with Gasteiger partial charge in [0.05, 0.1) is 3.79 Å². The van der Waals surface area contributed by atoms with Gasteiger partial charge in [-0.05, 0) is 53.1 Å². The number of aryl methyl sites for hydroxylation is 2. The summed E-state index contributed by atoms with van der Waals surface area (Å²) >= 11 is 10.5. The van der Waals surface area contributed by atoms with E-state index in [9.17, 15) is 0 Å². The lowest BCUT2D eigenvalue weighted by molar-refractivity contribution is 0.660. The van der Waals surface area contributed by atoms with Crippen molar-refractivity contribution in [2.45, 2.75) is 26.3 Å². The summed E-state index contributed by atoms with van der Waals surface area (Å²) in [5, 5.41) is 0. The zero-order valence-electron chi connectivity index (χ0n) is 9.00. The highest BCUT2D eigenvalue weighted by Gasteiger charge is 2.03. The third-order valence-electron chi connectivity index (χ3n) is 2.53. The molecule has 0 atom stereocenters. The molecule has 16 heavy (non-hydrogen) atoms. The molecule has 0 bridgehead atoms. The molecule has 0 aliphatic rings. The Kier molecular flexibility index (Phi) is 4.00. The van der Waals surface area contributed by atoms with Gasteiger partial charge in [0, 0.05) is 23.3 Å². The molecule has 2 aromatic rings. The summed E-state index contributed by atoms with van der Waals surface area (Å²) in [4.78, 5) is 4.49. The molecule has 2 rings (SSSR count). The lowest BCUT2D eigenvalue weighted by atomic mass is 10.3. The first-order chi connectivity index (χ1) is 7.70. The first-order valence-corrected chi connectivity index (χ1v) is 7.23. The molecule has 0 aliphatic heterocycles. The van der Waals surface area contributed by atoms with Crippen LogP contribution in [0.2, 0.25) is 0 Å². The molecular weight excluding hydrogens is 304 g/mol. The Labute approximate surface area is 112 Å². The zero-order valence-corrected chi connectivity index (χ0v) is 12.2. The van der Waals surface area contributed by atoms with Crippen LogP contribution >= 0.6 is 39.5 Å². The van der Waals surface area contributed by atoms with E-state index in [4.69, 9.17) is 12.2 Å². The summed E-state index contributed by atoms with van der Waals surface area (Å²) in [6.07, 6.45) is 4.06. The maximum atomic E-state index is 5.26. The number of thiophene rings is 1. The van der Waals surface area contributed by atoms with Crippen molar-refractivity contribution in [1.29, 1.82) is 0 Å². The molecule has 0 spiro atoms. The molecule has 0 fully saturated rings. The molecular formula is C11H13BrN2S2. The van der Waals surface area contributed by atoms with Crippen molar-refractivity contribution in [2.75, 3.05) is 0 Å². The minimum atomic E-state index is 0.826. The van der Waals surface area contributed by atoms with Gasteiger partial charge in [0.2, 0.25) is 0 Å². The average molecular weight is 317 g/mol. The predicted octanol–water partition coefficient (Wildman–Crippen LogP) is 4.17. The van der Waals surface area contributed by atoms with Gasteiger partial charge in [-0.2, -0.15) is 0 Å². The second-order valence-electron chi connectivity index (χ2n) is 3.55. The van der Waals surface area contributed by atoms with Crippen LogP contribution in [0.4, 0.5) is 0 Å². The highest BCUT2D eigenvalue weighted by molar-refractivity contribution is 9.11. The molecule has 2 aromatic heterocycles. The summed E-state index contributed by atoms with van der Waals surface area (Å²) in [6, 6.07) is 4.26. The van der Waals surface area contributed by atoms with E-state index in [0.717, 1.165) is 24.2 Å². The molecule has 2 heterocycles. The molecule has 0 amide bonds. The number of hydrogen-bond donors (Lipinski definition) is 1. The van der Waals surface area contributed by atoms with E-state index in [1.54, 1.807) is 11.3 Å². The van der Waals surface area contributed by atoms with E-state index in [1.165, 1.54) is 14.4 Å². The fraction of sp³-hybridized carbons (Fsp3) is 0.364.